The van der Waals surface area contributed by atoms with Crippen molar-refractivity contribution in [1.29, 1.82) is 0 Å². The van der Waals surface area contributed by atoms with Crippen molar-refractivity contribution in [3.63, 3.8) is 0 Å². The number of aryl methyl sites for hydroxylation is 1. The van der Waals surface area contributed by atoms with Crippen molar-refractivity contribution in [3.8, 4) is 11.6 Å². The first-order chi connectivity index (χ1) is 8.16. The Hall–Kier alpha value is -1.91. The number of hydrogen-bond acceptors (Lipinski definition) is 5. The standard InChI is InChI=1S/C12H16N4O/c1-8(2)5-6-10-15-12(17-16-10)11-9(13)4-3-7-14-11/h3-4,7-8H,5-6,13H2,1-2H3. The van der Waals surface area contributed by atoms with Gasteiger partial charge in [0.25, 0.3) is 5.89 Å². The van der Waals surface area contributed by atoms with Gasteiger partial charge in [0, 0.05) is 12.6 Å². The van der Waals surface area contributed by atoms with Gasteiger partial charge < -0.3 is 10.3 Å². The second-order valence-electron chi connectivity index (χ2n) is 4.39. The SMILES string of the molecule is CC(C)CCc1noc(-c2ncccc2N)n1. The normalized spacial score (nSPS) is 11.0. The monoisotopic (exact) mass is 232 g/mol. The molecule has 0 aromatic carbocycles. The highest BCUT2D eigenvalue weighted by Crippen LogP contribution is 2.21. The Morgan fingerprint density at radius 3 is 2.94 bits per heavy atom. The van der Waals surface area contributed by atoms with E-state index in [2.05, 4.69) is 29.0 Å². The highest BCUT2D eigenvalue weighted by Gasteiger charge is 2.12. The van der Waals surface area contributed by atoms with Crippen molar-refractivity contribution < 1.29 is 4.52 Å². The van der Waals surface area contributed by atoms with Gasteiger partial charge in [-0.25, -0.2) is 4.98 Å². The molecule has 0 amide bonds. The lowest BCUT2D eigenvalue weighted by molar-refractivity contribution is 0.418. The van der Waals surface area contributed by atoms with Crippen LogP contribution in [0.5, 0.6) is 0 Å². The number of pyridine rings is 1. The maximum atomic E-state index is 5.79. The third-order valence-corrected chi connectivity index (χ3v) is 2.45. The number of anilines is 1. The average molecular weight is 232 g/mol. The van der Waals surface area contributed by atoms with Crippen molar-refractivity contribution >= 4 is 5.69 Å². The van der Waals surface area contributed by atoms with Gasteiger partial charge in [-0.05, 0) is 24.5 Å². The summed E-state index contributed by atoms with van der Waals surface area (Å²) in [5, 5.41) is 3.92. The number of nitrogens with two attached hydrogens (primary N) is 1. The Labute approximate surface area is 100 Å². The van der Waals surface area contributed by atoms with Gasteiger partial charge in [0.05, 0.1) is 5.69 Å². The minimum absolute atomic E-state index is 0.391. The Balaban J connectivity index is 2.16. The molecule has 2 aromatic heterocycles. The molecule has 90 valence electrons. The van der Waals surface area contributed by atoms with Gasteiger partial charge in [-0.2, -0.15) is 4.98 Å². The third kappa shape index (κ3) is 2.81. The van der Waals surface area contributed by atoms with E-state index >= 15 is 0 Å². The van der Waals surface area contributed by atoms with Gasteiger partial charge in [-0.1, -0.05) is 19.0 Å². The summed E-state index contributed by atoms with van der Waals surface area (Å²) in [6.45, 7) is 4.33. The lowest BCUT2D eigenvalue weighted by Gasteiger charge is -1.99. The van der Waals surface area contributed by atoms with E-state index in [1.165, 1.54) is 0 Å². The number of nitrogens with zero attached hydrogens (tertiary/aromatic N) is 3. The van der Waals surface area contributed by atoms with E-state index in [0.29, 0.717) is 29.0 Å². The summed E-state index contributed by atoms with van der Waals surface area (Å²) in [7, 11) is 0. The van der Waals surface area contributed by atoms with Crippen molar-refractivity contribution in [2.45, 2.75) is 26.7 Å². The molecule has 0 fully saturated rings. The van der Waals surface area contributed by atoms with Crippen LogP contribution < -0.4 is 5.73 Å². The van der Waals surface area contributed by atoms with Crippen LogP contribution in [0.4, 0.5) is 5.69 Å². The first kappa shape index (κ1) is 11.6. The Kier molecular flexibility index (Phi) is 3.37. The smallest absolute Gasteiger partial charge is 0.278 e. The minimum atomic E-state index is 0.391. The van der Waals surface area contributed by atoms with Crippen LogP contribution in [0.3, 0.4) is 0 Å². The number of hydrogen-bond donors (Lipinski definition) is 1. The van der Waals surface area contributed by atoms with Gasteiger partial charge in [0.2, 0.25) is 0 Å². The van der Waals surface area contributed by atoms with Crippen LogP contribution in [0.1, 0.15) is 26.1 Å². The molecule has 0 saturated heterocycles. The zero-order valence-electron chi connectivity index (χ0n) is 10.1. The van der Waals surface area contributed by atoms with E-state index in [-0.39, 0.29) is 0 Å². The highest BCUT2D eigenvalue weighted by atomic mass is 16.5. The predicted octanol–water partition coefficient (Wildman–Crippen LogP) is 2.30. The van der Waals surface area contributed by atoms with E-state index in [1.807, 2.05) is 0 Å². The zero-order chi connectivity index (χ0) is 12.3. The van der Waals surface area contributed by atoms with Gasteiger partial charge in [0.1, 0.15) is 0 Å². The topological polar surface area (TPSA) is 77.8 Å². The maximum Gasteiger partial charge on any atom is 0.278 e. The van der Waals surface area contributed by atoms with E-state index in [4.69, 9.17) is 10.3 Å². The highest BCUT2D eigenvalue weighted by molar-refractivity contribution is 5.65. The van der Waals surface area contributed by atoms with Gasteiger partial charge in [-0.15, -0.1) is 0 Å². The van der Waals surface area contributed by atoms with Crippen molar-refractivity contribution in [1.82, 2.24) is 15.1 Å². The molecule has 0 saturated carbocycles. The molecule has 2 N–H and O–H groups in total. The molecule has 0 aliphatic carbocycles. The minimum Gasteiger partial charge on any atom is -0.397 e. The predicted molar refractivity (Wildman–Crippen MR) is 65.1 cm³/mol. The number of rotatable bonds is 4. The molecule has 2 rings (SSSR count). The quantitative estimate of drug-likeness (QED) is 0.875. The summed E-state index contributed by atoms with van der Waals surface area (Å²) in [5.74, 6) is 1.72. The molecule has 0 aliphatic heterocycles. The van der Waals surface area contributed by atoms with Crippen LogP contribution in [-0.4, -0.2) is 15.1 Å². The molecule has 5 heteroatoms. The second kappa shape index (κ2) is 4.95. The summed E-state index contributed by atoms with van der Waals surface area (Å²) in [6, 6.07) is 3.54. The van der Waals surface area contributed by atoms with E-state index in [9.17, 15) is 0 Å². The second-order valence-corrected chi connectivity index (χ2v) is 4.39. The number of aromatic nitrogens is 3. The molecule has 2 heterocycles. The van der Waals surface area contributed by atoms with Crippen LogP contribution >= 0.6 is 0 Å². The Bertz CT molecular complexity index is 493. The van der Waals surface area contributed by atoms with E-state index < -0.39 is 0 Å². The fourth-order valence-electron chi connectivity index (χ4n) is 1.47. The molecule has 2 aromatic rings. The van der Waals surface area contributed by atoms with Crippen LogP contribution in [0.15, 0.2) is 22.9 Å². The summed E-state index contributed by atoms with van der Waals surface area (Å²) in [5.41, 5.74) is 6.89. The lowest BCUT2D eigenvalue weighted by atomic mass is 10.1. The first-order valence-corrected chi connectivity index (χ1v) is 5.70. The third-order valence-electron chi connectivity index (χ3n) is 2.45. The van der Waals surface area contributed by atoms with Crippen molar-refractivity contribution in [3.05, 3.63) is 24.2 Å². The molecule has 0 bridgehead atoms. The average Bonchev–Trinajstić information content (AvgIpc) is 2.75. The largest absolute Gasteiger partial charge is 0.397 e. The van der Waals surface area contributed by atoms with Crippen LogP contribution in [-0.2, 0) is 6.42 Å². The van der Waals surface area contributed by atoms with Crippen molar-refractivity contribution in [2.75, 3.05) is 5.73 Å². The van der Waals surface area contributed by atoms with Gasteiger partial charge in [-0.3, -0.25) is 0 Å². The molecule has 5 nitrogen and oxygen atoms in total. The van der Waals surface area contributed by atoms with Gasteiger partial charge >= 0.3 is 0 Å². The Morgan fingerprint density at radius 2 is 2.24 bits per heavy atom. The molecule has 0 aliphatic rings. The molecule has 0 unspecified atom stereocenters. The van der Waals surface area contributed by atoms with Crippen molar-refractivity contribution in [2.24, 2.45) is 5.92 Å². The summed E-state index contributed by atoms with van der Waals surface area (Å²) < 4.78 is 5.16. The maximum absolute atomic E-state index is 5.79. The zero-order valence-corrected chi connectivity index (χ0v) is 10.1. The Morgan fingerprint density at radius 1 is 1.41 bits per heavy atom. The number of nitrogen functional groups attached to an aromatic ring is 1. The summed E-state index contributed by atoms with van der Waals surface area (Å²) in [6.07, 6.45) is 3.51. The van der Waals surface area contributed by atoms with Crippen LogP contribution in [0.25, 0.3) is 11.6 Å². The fourth-order valence-corrected chi connectivity index (χ4v) is 1.47. The molecular formula is C12H16N4O. The molecule has 17 heavy (non-hydrogen) atoms. The van der Waals surface area contributed by atoms with Crippen LogP contribution in [0, 0.1) is 5.92 Å². The molecule has 0 radical (unpaired) electrons. The molecule has 0 atom stereocenters. The van der Waals surface area contributed by atoms with Crippen LogP contribution in [0.2, 0.25) is 0 Å². The summed E-state index contributed by atoms with van der Waals surface area (Å²) >= 11 is 0. The molecular weight excluding hydrogens is 216 g/mol. The lowest BCUT2D eigenvalue weighted by Crippen LogP contribution is -1.95. The molecule has 0 spiro atoms. The fraction of sp³-hybridized carbons (Fsp3) is 0.417. The van der Waals surface area contributed by atoms with E-state index in [1.54, 1.807) is 18.3 Å². The van der Waals surface area contributed by atoms with Gasteiger partial charge in [0.15, 0.2) is 11.5 Å². The van der Waals surface area contributed by atoms with E-state index in [0.717, 1.165) is 12.8 Å². The summed E-state index contributed by atoms with van der Waals surface area (Å²) in [4.78, 5) is 8.43. The first-order valence-electron chi connectivity index (χ1n) is 5.70.